The van der Waals surface area contributed by atoms with Crippen LogP contribution in [0.2, 0.25) is 0 Å². The molecule has 2 N–H and O–H groups in total. The van der Waals surface area contributed by atoms with Gasteiger partial charge < -0.3 is 10.6 Å². The summed E-state index contributed by atoms with van der Waals surface area (Å²) in [5.74, 6) is 0.706. The molecule has 2 aliphatic rings. The smallest absolute Gasteiger partial charge is 0.234 e. The van der Waals surface area contributed by atoms with Crippen LogP contribution in [-0.4, -0.2) is 49.1 Å². The van der Waals surface area contributed by atoms with Gasteiger partial charge in [-0.3, -0.25) is 9.69 Å². The van der Waals surface area contributed by atoms with E-state index in [2.05, 4.69) is 29.4 Å². The van der Waals surface area contributed by atoms with E-state index in [1.165, 1.54) is 6.42 Å². The third kappa shape index (κ3) is 2.49. The minimum atomic E-state index is 0.187. The van der Waals surface area contributed by atoms with Crippen LogP contribution in [0.25, 0.3) is 0 Å². The summed E-state index contributed by atoms with van der Waals surface area (Å²) in [7, 11) is 0. The molecule has 2 rings (SSSR count). The van der Waals surface area contributed by atoms with Crippen molar-refractivity contribution in [3.63, 3.8) is 0 Å². The average Bonchev–Trinajstić information content (AvgIpc) is 2.69. The molecule has 0 radical (unpaired) electrons. The topological polar surface area (TPSA) is 44.4 Å². The summed E-state index contributed by atoms with van der Waals surface area (Å²) in [6.07, 6.45) is 1.18. The highest BCUT2D eigenvalue weighted by Crippen LogP contribution is 2.15. The van der Waals surface area contributed by atoms with E-state index in [1.807, 2.05) is 0 Å². The van der Waals surface area contributed by atoms with Gasteiger partial charge in [0.2, 0.25) is 5.91 Å². The molecule has 2 aliphatic heterocycles. The van der Waals surface area contributed by atoms with Crippen molar-refractivity contribution in [2.75, 3.05) is 26.2 Å². The van der Waals surface area contributed by atoms with Crippen molar-refractivity contribution >= 4 is 5.91 Å². The summed E-state index contributed by atoms with van der Waals surface area (Å²) in [5.41, 5.74) is 0. The van der Waals surface area contributed by atoms with E-state index in [9.17, 15) is 4.79 Å². The number of hydrogen-bond acceptors (Lipinski definition) is 3. The maximum Gasteiger partial charge on any atom is 0.234 e. The Morgan fingerprint density at radius 3 is 2.87 bits per heavy atom. The Morgan fingerprint density at radius 2 is 2.27 bits per heavy atom. The summed E-state index contributed by atoms with van der Waals surface area (Å²) in [6, 6.07) is 0.893. The normalized spacial score (nSPS) is 33.4. The molecule has 2 atom stereocenters. The number of amides is 1. The second-order valence-corrected chi connectivity index (χ2v) is 4.99. The maximum absolute atomic E-state index is 11.6. The lowest BCUT2D eigenvalue weighted by Crippen LogP contribution is -2.58. The van der Waals surface area contributed by atoms with E-state index >= 15 is 0 Å². The van der Waals surface area contributed by atoms with E-state index in [0.717, 1.165) is 19.6 Å². The monoisotopic (exact) mass is 211 g/mol. The molecule has 2 saturated heterocycles. The second-order valence-electron chi connectivity index (χ2n) is 4.99. The van der Waals surface area contributed by atoms with E-state index in [0.29, 0.717) is 24.5 Å². The zero-order chi connectivity index (χ0) is 10.8. The summed E-state index contributed by atoms with van der Waals surface area (Å²) in [5, 5.41) is 6.42. The Hall–Kier alpha value is -0.610. The third-order valence-electron chi connectivity index (χ3n) is 3.48. The quantitative estimate of drug-likeness (QED) is 0.665. The van der Waals surface area contributed by atoms with Gasteiger partial charge >= 0.3 is 0 Å². The van der Waals surface area contributed by atoms with E-state index < -0.39 is 0 Å². The summed E-state index contributed by atoms with van der Waals surface area (Å²) in [6.45, 7) is 8.06. The maximum atomic E-state index is 11.6. The first kappa shape index (κ1) is 10.9. The molecule has 2 fully saturated rings. The van der Waals surface area contributed by atoms with Crippen LogP contribution in [0.4, 0.5) is 0 Å². The Balaban J connectivity index is 1.96. The Kier molecular flexibility index (Phi) is 3.26. The second kappa shape index (κ2) is 4.49. The molecular weight excluding hydrogens is 190 g/mol. The van der Waals surface area contributed by atoms with E-state index in [1.54, 1.807) is 0 Å². The molecule has 4 nitrogen and oxygen atoms in total. The highest BCUT2D eigenvalue weighted by Gasteiger charge is 2.31. The van der Waals surface area contributed by atoms with E-state index in [-0.39, 0.29) is 5.91 Å². The summed E-state index contributed by atoms with van der Waals surface area (Å²) in [4.78, 5) is 13.9. The van der Waals surface area contributed by atoms with Crippen LogP contribution < -0.4 is 10.6 Å². The molecule has 4 heteroatoms. The van der Waals surface area contributed by atoms with Crippen molar-refractivity contribution in [1.82, 2.24) is 15.5 Å². The van der Waals surface area contributed by atoms with Gasteiger partial charge in [-0.1, -0.05) is 13.8 Å². The number of hydrogen-bond donors (Lipinski definition) is 2. The molecule has 15 heavy (non-hydrogen) atoms. The first-order valence-electron chi connectivity index (χ1n) is 5.91. The van der Waals surface area contributed by atoms with Crippen molar-refractivity contribution in [3.8, 4) is 0 Å². The van der Waals surface area contributed by atoms with Crippen LogP contribution in [0, 0.1) is 5.92 Å². The summed E-state index contributed by atoms with van der Waals surface area (Å²) >= 11 is 0. The number of piperazine rings is 1. The number of nitrogens with zero attached hydrogens (tertiary/aromatic N) is 1. The predicted octanol–water partition coefficient (Wildman–Crippen LogP) is -0.195. The standard InChI is InChI=1S/C11H21N3O/c1-8(2)10-6-14(7-11(15)13-10)9-3-4-12-5-9/h8-10,12H,3-7H2,1-2H3,(H,13,15). The lowest BCUT2D eigenvalue weighted by molar-refractivity contribution is -0.126. The van der Waals surface area contributed by atoms with Gasteiger partial charge in [-0.2, -0.15) is 0 Å². The Labute approximate surface area is 91.4 Å². The zero-order valence-corrected chi connectivity index (χ0v) is 9.62. The van der Waals surface area contributed by atoms with Crippen LogP contribution in [0.3, 0.4) is 0 Å². The summed E-state index contributed by atoms with van der Waals surface area (Å²) < 4.78 is 0. The zero-order valence-electron chi connectivity index (χ0n) is 9.62. The molecule has 0 aliphatic carbocycles. The molecule has 0 saturated carbocycles. The number of rotatable bonds is 2. The van der Waals surface area contributed by atoms with Crippen LogP contribution in [0.15, 0.2) is 0 Å². The molecule has 0 bridgehead atoms. The molecule has 2 heterocycles. The molecule has 2 unspecified atom stereocenters. The first-order chi connectivity index (χ1) is 7.16. The van der Waals surface area contributed by atoms with Gasteiger partial charge in [0.25, 0.3) is 0 Å². The fourth-order valence-corrected chi connectivity index (χ4v) is 2.41. The van der Waals surface area contributed by atoms with Gasteiger partial charge in [0.1, 0.15) is 0 Å². The van der Waals surface area contributed by atoms with Gasteiger partial charge in [-0.05, 0) is 18.9 Å². The Morgan fingerprint density at radius 1 is 1.47 bits per heavy atom. The molecule has 0 aromatic carbocycles. The van der Waals surface area contributed by atoms with Crippen LogP contribution >= 0.6 is 0 Å². The number of carbonyl (C=O) groups excluding carboxylic acids is 1. The minimum absolute atomic E-state index is 0.187. The van der Waals surface area contributed by atoms with Gasteiger partial charge in [0.15, 0.2) is 0 Å². The van der Waals surface area contributed by atoms with Crippen molar-refractivity contribution in [2.24, 2.45) is 5.92 Å². The highest BCUT2D eigenvalue weighted by atomic mass is 16.2. The lowest BCUT2D eigenvalue weighted by Gasteiger charge is -2.38. The molecule has 86 valence electrons. The molecule has 0 aromatic heterocycles. The largest absolute Gasteiger partial charge is 0.351 e. The minimum Gasteiger partial charge on any atom is -0.351 e. The fourth-order valence-electron chi connectivity index (χ4n) is 2.41. The molecular formula is C11H21N3O. The van der Waals surface area contributed by atoms with Crippen LogP contribution in [0.1, 0.15) is 20.3 Å². The lowest BCUT2D eigenvalue weighted by atomic mass is 10.0. The van der Waals surface area contributed by atoms with Crippen molar-refractivity contribution in [3.05, 3.63) is 0 Å². The number of carbonyl (C=O) groups is 1. The molecule has 1 amide bonds. The Bertz CT molecular complexity index is 236. The molecule has 0 spiro atoms. The van der Waals surface area contributed by atoms with Crippen LogP contribution in [0.5, 0.6) is 0 Å². The average molecular weight is 211 g/mol. The van der Waals surface area contributed by atoms with Crippen molar-refractivity contribution in [2.45, 2.75) is 32.4 Å². The third-order valence-corrected chi connectivity index (χ3v) is 3.48. The fraction of sp³-hybridized carbons (Fsp3) is 0.909. The van der Waals surface area contributed by atoms with Crippen molar-refractivity contribution < 1.29 is 4.79 Å². The first-order valence-corrected chi connectivity index (χ1v) is 5.91. The predicted molar refractivity (Wildman–Crippen MR) is 59.6 cm³/mol. The van der Waals surface area contributed by atoms with Crippen LogP contribution in [-0.2, 0) is 4.79 Å². The van der Waals surface area contributed by atoms with Gasteiger partial charge in [0.05, 0.1) is 6.54 Å². The SMILES string of the molecule is CC(C)C1CN(C2CCNC2)CC(=O)N1. The van der Waals surface area contributed by atoms with Gasteiger partial charge in [-0.15, -0.1) is 0 Å². The van der Waals surface area contributed by atoms with Crippen molar-refractivity contribution in [1.29, 1.82) is 0 Å². The van der Waals surface area contributed by atoms with E-state index in [4.69, 9.17) is 0 Å². The highest BCUT2D eigenvalue weighted by molar-refractivity contribution is 5.79. The number of nitrogens with one attached hydrogen (secondary N) is 2. The van der Waals surface area contributed by atoms with Gasteiger partial charge in [0, 0.05) is 25.2 Å². The molecule has 0 aromatic rings. The van der Waals surface area contributed by atoms with Gasteiger partial charge in [-0.25, -0.2) is 0 Å².